The summed E-state index contributed by atoms with van der Waals surface area (Å²) in [6, 6.07) is 5.09. The Balaban J connectivity index is 2.02. The minimum Gasteiger partial charge on any atom is -0.299 e. The van der Waals surface area contributed by atoms with Crippen LogP contribution in [-0.2, 0) is 15.6 Å². The first-order chi connectivity index (χ1) is 8.59. The molecule has 0 heterocycles. The van der Waals surface area contributed by atoms with Gasteiger partial charge < -0.3 is 0 Å². The normalized spacial score (nSPS) is 21.2. The zero-order chi connectivity index (χ0) is 13.1. The lowest BCUT2D eigenvalue weighted by Gasteiger charge is -2.09. The van der Waals surface area contributed by atoms with Gasteiger partial charge in [0.2, 0.25) is 0 Å². The minimum atomic E-state index is -1.23. The number of benzene rings is 1. The molecule has 0 amide bonds. The fourth-order valence-electron chi connectivity index (χ4n) is 2.24. The zero-order valence-corrected chi connectivity index (χ0v) is 12.2. The highest BCUT2D eigenvalue weighted by Crippen LogP contribution is 2.30. The number of carbonyl (C=O) groups excluding carboxylic acids is 1. The molecule has 98 valence electrons. The molecule has 2 nitrogen and oxygen atoms in total. The summed E-state index contributed by atoms with van der Waals surface area (Å²) in [7, 11) is -1.23. The van der Waals surface area contributed by atoms with Gasteiger partial charge in [0.05, 0.1) is 25.7 Å². The first-order valence-electron chi connectivity index (χ1n) is 5.94. The van der Waals surface area contributed by atoms with Gasteiger partial charge in [-0.3, -0.25) is 9.00 Å². The van der Waals surface area contributed by atoms with E-state index in [0.29, 0.717) is 39.3 Å². The number of carbonyl (C=O) groups is 1. The first-order valence-corrected chi connectivity index (χ1v) is 8.02. The first kappa shape index (κ1) is 14.0. The minimum absolute atomic E-state index is 0.0789. The van der Waals surface area contributed by atoms with E-state index in [0.717, 1.165) is 12.8 Å². The zero-order valence-electron chi connectivity index (χ0n) is 9.83. The van der Waals surface area contributed by atoms with E-state index in [1.807, 2.05) is 0 Å². The van der Waals surface area contributed by atoms with E-state index in [1.165, 1.54) is 0 Å². The van der Waals surface area contributed by atoms with Crippen LogP contribution in [0.4, 0.5) is 0 Å². The summed E-state index contributed by atoms with van der Waals surface area (Å²) in [5.41, 5.74) is 0. The Morgan fingerprint density at radius 1 is 1.28 bits per heavy atom. The van der Waals surface area contributed by atoms with Crippen molar-refractivity contribution < 1.29 is 9.00 Å². The number of Topliss-reactive ketones (excluding diaryl/α,β-unsaturated/α-hetero) is 1. The van der Waals surface area contributed by atoms with Crippen LogP contribution in [0.2, 0.25) is 10.0 Å². The van der Waals surface area contributed by atoms with Crippen molar-refractivity contribution in [3.8, 4) is 0 Å². The monoisotopic (exact) mass is 304 g/mol. The lowest BCUT2D eigenvalue weighted by Crippen LogP contribution is -2.11. The van der Waals surface area contributed by atoms with E-state index in [1.54, 1.807) is 18.2 Å². The third kappa shape index (κ3) is 3.14. The molecule has 1 saturated carbocycles. The Morgan fingerprint density at radius 2 is 1.94 bits per heavy atom. The molecule has 1 aliphatic rings. The van der Waals surface area contributed by atoms with E-state index in [4.69, 9.17) is 23.2 Å². The standard InChI is InChI=1S/C13H14Cl2O2S/c14-10-4-2-5-11(15)13(10)18(17)8-7-9-3-1-6-12(9)16/h2,4-5,9H,1,3,6-8H2. The van der Waals surface area contributed by atoms with Crippen molar-refractivity contribution in [2.45, 2.75) is 30.6 Å². The van der Waals surface area contributed by atoms with Crippen LogP contribution in [0.15, 0.2) is 23.1 Å². The van der Waals surface area contributed by atoms with Crippen molar-refractivity contribution in [1.82, 2.24) is 0 Å². The quantitative estimate of drug-likeness (QED) is 0.846. The lowest BCUT2D eigenvalue weighted by molar-refractivity contribution is -0.120. The molecule has 1 aliphatic carbocycles. The van der Waals surface area contributed by atoms with Gasteiger partial charge in [-0.2, -0.15) is 0 Å². The van der Waals surface area contributed by atoms with Crippen molar-refractivity contribution in [2.24, 2.45) is 5.92 Å². The molecule has 0 N–H and O–H groups in total. The molecule has 18 heavy (non-hydrogen) atoms. The van der Waals surface area contributed by atoms with Crippen molar-refractivity contribution >= 4 is 39.8 Å². The summed E-state index contributed by atoms with van der Waals surface area (Å²) in [6.07, 6.45) is 3.21. The van der Waals surface area contributed by atoms with Crippen LogP contribution in [0.5, 0.6) is 0 Å². The predicted molar refractivity (Wildman–Crippen MR) is 74.7 cm³/mol. The van der Waals surface area contributed by atoms with Crippen molar-refractivity contribution in [1.29, 1.82) is 0 Å². The smallest absolute Gasteiger partial charge is 0.136 e. The average molecular weight is 305 g/mol. The number of halogens is 2. The molecule has 0 saturated heterocycles. The Hall–Kier alpha value is -0.380. The number of ketones is 1. The highest BCUT2D eigenvalue weighted by Gasteiger charge is 2.25. The van der Waals surface area contributed by atoms with Crippen LogP contribution in [0, 0.1) is 5.92 Å². The SMILES string of the molecule is O=C1CCCC1CCS(=O)c1c(Cl)cccc1Cl. The topological polar surface area (TPSA) is 34.1 Å². The van der Waals surface area contributed by atoms with Crippen LogP contribution in [0.3, 0.4) is 0 Å². The second-order valence-corrected chi connectivity index (χ2v) is 6.77. The fourth-order valence-corrected chi connectivity index (χ4v) is 4.43. The number of hydrogen-bond donors (Lipinski definition) is 0. The maximum atomic E-state index is 12.2. The molecule has 5 heteroatoms. The van der Waals surface area contributed by atoms with Gasteiger partial charge >= 0.3 is 0 Å². The highest BCUT2D eigenvalue weighted by molar-refractivity contribution is 7.85. The van der Waals surface area contributed by atoms with Gasteiger partial charge in [-0.15, -0.1) is 0 Å². The summed E-state index contributed by atoms with van der Waals surface area (Å²) in [5.74, 6) is 0.826. The van der Waals surface area contributed by atoms with E-state index in [2.05, 4.69) is 0 Å². The van der Waals surface area contributed by atoms with Crippen LogP contribution in [0.1, 0.15) is 25.7 Å². The van der Waals surface area contributed by atoms with Crippen molar-refractivity contribution in [2.75, 3.05) is 5.75 Å². The van der Waals surface area contributed by atoms with Gasteiger partial charge in [0.1, 0.15) is 5.78 Å². The van der Waals surface area contributed by atoms with E-state index >= 15 is 0 Å². The summed E-state index contributed by atoms with van der Waals surface area (Å²) in [6.45, 7) is 0. The van der Waals surface area contributed by atoms with Gasteiger partial charge in [0.25, 0.3) is 0 Å². The Bertz CT molecular complexity index is 468. The molecule has 0 radical (unpaired) electrons. The molecular weight excluding hydrogens is 291 g/mol. The molecule has 2 rings (SSSR count). The number of rotatable bonds is 4. The predicted octanol–water partition coefficient (Wildman–Crippen LogP) is 3.86. The average Bonchev–Trinajstić information content (AvgIpc) is 2.72. The van der Waals surface area contributed by atoms with Crippen LogP contribution < -0.4 is 0 Å². The molecule has 2 unspecified atom stereocenters. The Kier molecular flexibility index (Phi) is 4.82. The maximum Gasteiger partial charge on any atom is 0.136 e. The molecular formula is C13H14Cl2O2S. The van der Waals surface area contributed by atoms with Crippen LogP contribution >= 0.6 is 23.2 Å². The van der Waals surface area contributed by atoms with Crippen molar-refractivity contribution in [3.63, 3.8) is 0 Å². The summed E-state index contributed by atoms with van der Waals surface area (Å²) >= 11 is 12.0. The van der Waals surface area contributed by atoms with Gasteiger partial charge in [0.15, 0.2) is 0 Å². The van der Waals surface area contributed by atoms with Crippen molar-refractivity contribution in [3.05, 3.63) is 28.2 Å². The maximum absolute atomic E-state index is 12.2. The van der Waals surface area contributed by atoms with Gasteiger partial charge in [-0.25, -0.2) is 0 Å². The molecule has 1 aromatic rings. The lowest BCUT2D eigenvalue weighted by atomic mass is 10.1. The van der Waals surface area contributed by atoms with E-state index in [9.17, 15) is 9.00 Å². The second kappa shape index (κ2) is 6.18. The Morgan fingerprint density at radius 3 is 2.50 bits per heavy atom. The molecule has 0 aliphatic heterocycles. The molecule has 2 atom stereocenters. The second-order valence-electron chi connectivity index (χ2n) is 4.44. The third-order valence-corrected chi connectivity index (χ3v) is 5.59. The molecule has 0 aromatic heterocycles. The molecule has 0 bridgehead atoms. The summed E-state index contributed by atoms with van der Waals surface area (Å²) in [4.78, 5) is 12.0. The highest BCUT2D eigenvalue weighted by atomic mass is 35.5. The molecule has 0 spiro atoms. The summed E-state index contributed by atoms with van der Waals surface area (Å²) < 4.78 is 12.2. The third-order valence-electron chi connectivity index (χ3n) is 3.23. The largest absolute Gasteiger partial charge is 0.299 e. The summed E-state index contributed by atoms with van der Waals surface area (Å²) in [5, 5.41) is 0.858. The molecule has 1 aromatic carbocycles. The van der Waals surface area contributed by atoms with Crippen LogP contribution in [-0.4, -0.2) is 15.7 Å². The number of hydrogen-bond acceptors (Lipinski definition) is 2. The molecule has 1 fully saturated rings. The van der Waals surface area contributed by atoms with Crippen LogP contribution in [0.25, 0.3) is 0 Å². The van der Waals surface area contributed by atoms with Gasteiger partial charge in [-0.05, 0) is 31.4 Å². The Labute approximate surface area is 119 Å². The fraction of sp³-hybridized carbons (Fsp3) is 0.462. The van der Waals surface area contributed by atoms with E-state index < -0.39 is 10.8 Å². The van der Waals surface area contributed by atoms with Gasteiger partial charge in [-0.1, -0.05) is 29.3 Å². The van der Waals surface area contributed by atoms with Gasteiger partial charge in [0, 0.05) is 18.1 Å². The van der Waals surface area contributed by atoms with E-state index in [-0.39, 0.29) is 5.92 Å².